The highest BCUT2D eigenvalue weighted by Crippen LogP contribution is 2.35. The van der Waals surface area contributed by atoms with Crippen molar-refractivity contribution in [3.8, 4) is 22.6 Å². The maximum atomic E-state index is 13.1. The Hall–Kier alpha value is -4.72. The largest absolute Gasteiger partial charge is 0.495 e. The molecule has 4 aromatic carbocycles. The van der Waals surface area contributed by atoms with E-state index in [1.54, 1.807) is 36.4 Å². The molecule has 0 saturated carbocycles. The molecule has 8 heteroatoms. The van der Waals surface area contributed by atoms with Crippen molar-refractivity contribution in [1.29, 1.82) is 0 Å². The maximum Gasteiger partial charge on any atom is 0.255 e. The Kier molecular flexibility index (Phi) is 7.25. The van der Waals surface area contributed by atoms with Gasteiger partial charge in [0.15, 0.2) is 0 Å². The lowest BCUT2D eigenvalue weighted by Gasteiger charge is -2.14. The van der Waals surface area contributed by atoms with Crippen molar-refractivity contribution in [2.75, 3.05) is 24.9 Å². The fraction of sp³-hybridized carbons (Fsp3) is 0.0714. The molecule has 0 unspecified atom stereocenters. The number of anilines is 2. The standard InChI is InChI=1S/C28H22F2N2O4/c1-35-25-15-19(7-13-23(25)31-27(33)17-3-9-21(29)10-4-17)20-8-14-24(26(16-20)36-2)32-28(34)18-5-11-22(30)12-6-18/h3-16H,1-2H3,(H,31,33)(H,32,34). The quantitative estimate of drug-likeness (QED) is 0.327. The molecular formula is C28H22F2N2O4. The van der Waals surface area contributed by atoms with Gasteiger partial charge >= 0.3 is 0 Å². The molecule has 36 heavy (non-hydrogen) atoms. The van der Waals surface area contributed by atoms with Crippen molar-refractivity contribution in [2.24, 2.45) is 0 Å². The molecule has 0 bridgehead atoms. The van der Waals surface area contributed by atoms with Crippen LogP contribution in [0, 0.1) is 11.6 Å². The van der Waals surface area contributed by atoms with E-state index in [1.807, 2.05) is 0 Å². The van der Waals surface area contributed by atoms with Crippen LogP contribution in [0.3, 0.4) is 0 Å². The predicted octanol–water partition coefficient (Wildman–Crippen LogP) is 6.15. The van der Waals surface area contributed by atoms with Crippen molar-refractivity contribution in [3.63, 3.8) is 0 Å². The first-order valence-electron chi connectivity index (χ1n) is 10.9. The zero-order valence-electron chi connectivity index (χ0n) is 19.5. The van der Waals surface area contributed by atoms with Gasteiger partial charge < -0.3 is 20.1 Å². The van der Waals surface area contributed by atoms with Crippen LogP contribution in [-0.4, -0.2) is 26.0 Å². The van der Waals surface area contributed by atoms with Crippen molar-refractivity contribution in [1.82, 2.24) is 0 Å². The molecule has 0 radical (unpaired) electrons. The van der Waals surface area contributed by atoms with Crippen LogP contribution in [-0.2, 0) is 0 Å². The maximum absolute atomic E-state index is 13.1. The number of hydrogen-bond donors (Lipinski definition) is 2. The summed E-state index contributed by atoms with van der Waals surface area (Å²) in [7, 11) is 2.97. The minimum Gasteiger partial charge on any atom is -0.495 e. The van der Waals surface area contributed by atoms with E-state index in [1.165, 1.54) is 62.8 Å². The Balaban J connectivity index is 1.55. The minimum absolute atomic E-state index is 0.311. The molecular weight excluding hydrogens is 466 g/mol. The summed E-state index contributed by atoms with van der Waals surface area (Å²) in [6, 6.07) is 21.0. The Labute approximate surface area is 206 Å². The third-order valence-corrected chi connectivity index (χ3v) is 5.45. The highest BCUT2D eigenvalue weighted by Gasteiger charge is 2.14. The Morgan fingerprint density at radius 2 is 0.944 bits per heavy atom. The van der Waals surface area contributed by atoms with Crippen LogP contribution in [0.15, 0.2) is 84.9 Å². The molecule has 0 spiro atoms. The first kappa shape index (κ1) is 24.4. The van der Waals surface area contributed by atoms with Gasteiger partial charge in [0.25, 0.3) is 11.8 Å². The molecule has 2 N–H and O–H groups in total. The van der Waals surface area contributed by atoms with Crippen molar-refractivity contribution in [3.05, 3.63) is 108 Å². The number of ether oxygens (including phenoxy) is 2. The van der Waals surface area contributed by atoms with Gasteiger partial charge in [-0.05, 0) is 83.9 Å². The average Bonchev–Trinajstić information content (AvgIpc) is 2.89. The number of halogens is 2. The van der Waals surface area contributed by atoms with Crippen LogP contribution in [0.5, 0.6) is 11.5 Å². The smallest absolute Gasteiger partial charge is 0.255 e. The molecule has 6 nitrogen and oxygen atoms in total. The van der Waals surface area contributed by atoms with Gasteiger partial charge in [-0.2, -0.15) is 0 Å². The van der Waals surface area contributed by atoms with Gasteiger partial charge in [-0.15, -0.1) is 0 Å². The number of carbonyl (C=O) groups excluding carboxylic acids is 2. The van der Waals surface area contributed by atoms with Gasteiger partial charge in [0.1, 0.15) is 23.1 Å². The fourth-order valence-corrected chi connectivity index (χ4v) is 3.54. The van der Waals surface area contributed by atoms with Crippen LogP contribution in [0.1, 0.15) is 20.7 Å². The SMILES string of the molecule is COc1cc(-c2ccc(NC(=O)c3ccc(F)cc3)c(OC)c2)ccc1NC(=O)c1ccc(F)cc1. The van der Waals surface area contributed by atoms with Crippen molar-refractivity contribution in [2.45, 2.75) is 0 Å². The summed E-state index contributed by atoms with van der Waals surface area (Å²) < 4.78 is 37.2. The zero-order valence-corrected chi connectivity index (χ0v) is 19.5. The first-order chi connectivity index (χ1) is 17.4. The molecule has 0 aromatic heterocycles. The third kappa shape index (κ3) is 5.50. The second-order valence-corrected chi connectivity index (χ2v) is 7.75. The zero-order chi connectivity index (χ0) is 25.7. The van der Waals surface area contributed by atoms with Crippen LogP contribution >= 0.6 is 0 Å². The minimum atomic E-state index is -0.426. The first-order valence-corrected chi connectivity index (χ1v) is 10.9. The Morgan fingerprint density at radius 1 is 0.583 bits per heavy atom. The van der Waals surface area contributed by atoms with Crippen LogP contribution in [0.2, 0.25) is 0 Å². The van der Waals surface area contributed by atoms with E-state index >= 15 is 0 Å². The molecule has 0 aliphatic rings. The Morgan fingerprint density at radius 3 is 1.28 bits per heavy atom. The second-order valence-electron chi connectivity index (χ2n) is 7.75. The molecule has 0 heterocycles. The second kappa shape index (κ2) is 10.7. The number of nitrogens with one attached hydrogen (secondary N) is 2. The summed E-state index contributed by atoms with van der Waals surface area (Å²) in [4.78, 5) is 25.0. The average molecular weight is 488 g/mol. The number of amides is 2. The molecule has 2 amide bonds. The lowest BCUT2D eigenvalue weighted by atomic mass is 10.0. The van der Waals surface area contributed by atoms with Crippen LogP contribution < -0.4 is 20.1 Å². The van der Waals surface area contributed by atoms with E-state index in [2.05, 4.69) is 10.6 Å². The molecule has 0 aliphatic carbocycles. The molecule has 0 aliphatic heterocycles. The summed E-state index contributed by atoms with van der Waals surface area (Å²) in [5.74, 6) is -0.797. The lowest BCUT2D eigenvalue weighted by Crippen LogP contribution is -2.13. The van der Waals surface area contributed by atoms with Gasteiger partial charge in [-0.1, -0.05) is 12.1 Å². The molecule has 0 saturated heterocycles. The Bertz CT molecular complexity index is 1300. The normalized spacial score (nSPS) is 10.4. The van der Waals surface area contributed by atoms with E-state index in [9.17, 15) is 18.4 Å². The van der Waals surface area contributed by atoms with Crippen molar-refractivity contribution < 1.29 is 27.8 Å². The topological polar surface area (TPSA) is 76.7 Å². The van der Waals surface area contributed by atoms with E-state index < -0.39 is 23.4 Å². The monoisotopic (exact) mass is 488 g/mol. The van der Waals surface area contributed by atoms with Crippen molar-refractivity contribution >= 4 is 23.2 Å². The van der Waals surface area contributed by atoms with Gasteiger partial charge in [0, 0.05) is 11.1 Å². The molecule has 4 rings (SSSR count). The fourth-order valence-electron chi connectivity index (χ4n) is 3.54. The highest BCUT2D eigenvalue weighted by atomic mass is 19.1. The van der Waals surface area contributed by atoms with E-state index in [4.69, 9.17) is 9.47 Å². The highest BCUT2D eigenvalue weighted by molar-refractivity contribution is 6.06. The van der Waals surface area contributed by atoms with Gasteiger partial charge in [0.05, 0.1) is 25.6 Å². The molecule has 182 valence electrons. The number of carbonyl (C=O) groups is 2. The number of benzene rings is 4. The summed E-state index contributed by atoms with van der Waals surface area (Å²) in [5.41, 5.74) is 3.08. The molecule has 0 atom stereocenters. The van der Waals surface area contributed by atoms with Gasteiger partial charge in [0.2, 0.25) is 0 Å². The summed E-state index contributed by atoms with van der Waals surface area (Å²) in [6.45, 7) is 0. The summed E-state index contributed by atoms with van der Waals surface area (Å²) >= 11 is 0. The van der Waals surface area contributed by atoms with E-state index in [0.29, 0.717) is 34.0 Å². The molecule has 0 fully saturated rings. The predicted molar refractivity (Wildman–Crippen MR) is 134 cm³/mol. The summed E-state index contributed by atoms with van der Waals surface area (Å²) in [6.07, 6.45) is 0. The summed E-state index contributed by atoms with van der Waals surface area (Å²) in [5, 5.41) is 5.53. The van der Waals surface area contributed by atoms with E-state index in [-0.39, 0.29) is 0 Å². The number of rotatable bonds is 7. The molecule has 4 aromatic rings. The van der Waals surface area contributed by atoms with Crippen LogP contribution in [0.4, 0.5) is 20.2 Å². The lowest BCUT2D eigenvalue weighted by molar-refractivity contribution is 0.101. The van der Waals surface area contributed by atoms with Crippen LogP contribution in [0.25, 0.3) is 11.1 Å². The third-order valence-electron chi connectivity index (χ3n) is 5.45. The van der Waals surface area contributed by atoms with E-state index in [0.717, 1.165) is 11.1 Å². The number of methoxy groups -OCH3 is 2. The number of hydrogen-bond acceptors (Lipinski definition) is 4. The van der Waals surface area contributed by atoms with Gasteiger partial charge in [-0.25, -0.2) is 8.78 Å². The van der Waals surface area contributed by atoms with Gasteiger partial charge in [-0.3, -0.25) is 9.59 Å².